The summed E-state index contributed by atoms with van der Waals surface area (Å²) in [7, 11) is 0. The van der Waals surface area contributed by atoms with Crippen LogP contribution >= 0.6 is 11.6 Å². The summed E-state index contributed by atoms with van der Waals surface area (Å²) >= 11 is 5.90. The average Bonchev–Trinajstić information content (AvgIpc) is 2.65. The summed E-state index contributed by atoms with van der Waals surface area (Å²) in [5.41, 5.74) is 15.3. The summed E-state index contributed by atoms with van der Waals surface area (Å²) in [6.45, 7) is 4.07. The number of nitrogen functional groups attached to an aromatic ring is 1. The van der Waals surface area contributed by atoms with Gasteiger partial charge >= 0.3 is 0 Å². The quantitative estimate of drug-likeness (QED) is 0.500. The molecule has 5 N–H and O–H groups in total. The van der Waals surface area contributed by atoms with Crippen LogP contribution in [-0.4, -0.2) is 15.9 Å². The molecule has 0 saturated carbocycles. The van der Waals surface area contributed by atoms with Gasteiger partial charge in [-0.25, -0.2) is 9.97 Å². The summed E-state index contributed by atoms with van der Waals surface area (Å²) in [6, 6.07) is 12.6. The highest BCUT2D eigenvalue weighted by Gasteiger charge is 2.11. The van der Waals surface area contributed by atoms with Crippen molar-refractivity contribution in [3.05, 3.63) is 70.5 Å². The standard InChI is InChI=1S/C19H19ClN6O/c1-11-6-7-15(8-12(11)2)24-17-16(21)18(23-10-22-17)25-26-19(27)13-4-3-5-14(20)9-13/h3-10H,21H2,1-2H3,(H,26,27)(H2,22,23,24,25). The number of carbonyl (C=O) groups is 1. The lowest BCUT2D eigenvalue weighted by atomic mass is 10.1. The zero-order valence-electron chi connectivity index (χ0n) is 14.9. The fraction of sp³-hybridized carbons (Fsp3) is 0.105. The second kappa shape index (κ2) is 7.92. The summed E-state index contributed by atoms with van der Waals surface area (Å²) in [5.74, 6) is 0.360. The average molecular weight is 383 g/mol. The molecule has 0 atom stereocenters. The number of hydrazine groups is 1. The monoisotopic (exact) mass is 382 g/mol. The van der Waals surface area contributed by atoms with Gasteiger partial charge < -0.3 is 11.1 Å². The number of hydrogen-bond donors (Lipinski definition) is 4. The molecule has 8 heteroatoms. The van der Waals surface area contributed by atoms with E-state index in [0.29, 0.717) is 16.4 Å². The van der Waals surface area contributed by atoms with Crippen LogP contribution in [0.3, 0.4) is 0 Å². The van der Waals surface area contributed by atoms with Gasteiger partial charge in [0.05, 0.1) is 0 Å². The van der Waals surface area contributed by atoms with Crippen molar-refractivity contribution in [2.24, 2.45) is 0 Å². The highest BCUT2D eigenvalue weighted by molar-refractivity contribution is 6.30. The SMILES string of the molecule is Cc1ccc(Nc2ncnc(NNC(=O)c3cccc(Cl)c3)c2N)cc1C. The largest absolute Gasteiger partial charge is 0.393 e. The van der Waals surface area contributed by atoms with Gasteiger partial charge in [-0.1, -0.05) is 23.7 Å². The molecule has 0 spiro atoms. The maximum Gasteiger partial charge on any atom is 0.269 e. The van der Waals surface area contributed by atoms with E-state index in [1.807, 2.05) is 32.0 Å². The third-order valence-corrected chi connectivity index (χ3v) is 4.27. The fourth-order valence-electron chi connectivity index (χ4n) is 2.37. The molecular weight excluding hydrogens is 364 g/mol. The number of aryl methyl sites for hydroxylation is 2. The first kappa shape index (κ1) is 18.5. The van der Waals surface area contributed by atoms with Crippen LogP contribution in [0.2, 0.25) is 5.02 Å². The number of nitrogens with zero attached hydrogens (tertiary/aromatic N) is 2. The van der Waals surface area contributed by atoms with Crippen molar-refractivity contribution >= 4 is 40.5 Å². The van der Waals surface area contributed by atoms with Crippen molar-refractivity contribution in [1.29, 1.82) is 0 Å². The Balaban J connectivity index is 1.72. The molecule has 0 radical (unpaired) electrons. The smallest absolute Gasteiger partial charge is 0.269 e. The second-order valence-electron chi connectivity index (χ2n) is 6.00. The summed E-state index contributed by atoms with van der Waals surface area (Å²) in [6.07, 6.45) is 1.35. The van der Waals surface area contributed by atoms with Crippen LogP contribution in [0.25, 0.3) is 0 Å². The number of carbonyl (C=O) groups excluding carboxylic acids is 1. The molecule has 0 fully saturated rings. The van der Waals surface area contributed by atoms with Gasteiger partial charge in [-0.05, 0) is 55.3 Å². The first-order valence-electron chi connectivity index (χ1n) is 8.20. The Hall–Kier alpha value is -3.32. The molecule has 0 aliphatic rings. The predicted molar refractivity (Wildman–Crippen MR) is 108 cm³/mol. The van der Waals surface area contributed by atoms with Crippen molar-refractivity contribution in [3.63, 3.8) is 0 Å². The second-order valence-corrected chi connectivity index (χ2v) is 6.43. The highest BCUT2D eigenvalue weighted by atomic mass is 35.5. The molecule has 27 heavy (non-hydrogen) atoms. The van der Waals surface area contributed by atoms with Crippen molar-refractivity contribution < 1.29 is 4.79 Å². The molecule has 0 aliphatic carbocycles. The Kier molecular flexibility index (Phi) is 5.42. The van der Waals surface area contributed by atoms with E-state index in [0.717, 1.165) is 11.3 Å². The normalized spacial score (nSPS) is 10.3. The molecule has 0 unspecified atom stereocenters. The van der Waals surface area contributed by atoms with E-state index in [9.17, 15) is 4.79 Å². The van der Waals surface area contributed by atoms with Gasteiger partial charge in [0, 0.05) is 16.3 Å². The van der Waals surface area contributed by atoms with Crippen molar-refractivity contribution in [1.82, 2.24) is 15.4 Å². The van der Waals surface area contributed by atoms with Gasteiger partial charge in [0.2, 0.25) is 0 Å². The number of anilines is 4. The van der Waals surface area contributed by atoms with E-state index in [1.54, 1.807) is 24.3 Å². The van der Waals surface area contributed by atoms with Crippen LogP contribution in [0, 0.1) is 13.8 Å². The minimum Gasteiger partial charge on any atom is -0.393 e. The van der Waals surface area contributed by atoms with E-state index in [-0.39, 0.29) is 17.4 Å². The van der Waals surface area contributed by atoms with Crippen LogP contribution < -0.4 is 21.9 Å². The maximum atomic E-state index is 12.2. The number of rotatable bonds is 5. The molecule has 2 aromatic carbocycles. The molecule has 1 amide bonds. The molecule has 0 bridgehead atoms. The predicted octanol–water partition coefficient (Wildman–Crippen LogP) is 3.83. The van der Waals surface area contributed by atoms with Gasteiger partial charge in [0.25, 0.3) is 5.91 Å². The van der Waals surface area contributed by atoms with E-state index in [4.69, 9.17) is 17.3 Å². The summed E-state index contributed by atoms with van der Waals surface area (Å²) in [5, 5.41) is 3.64. The lowest BCUT2D eigenvalue weighted by molar-refractivity contribution is 0.0962. The van der Waals surface area contributed by atoms with Gasteiger partial charge in [-0.3, -0.25) is 15.6 Å². The number of aromatic nitrogens is 2. The van der Waals surface area contributed by atoms with E-state index >= 15 is 0 Å². The van der Waals surface area contributed by atoms with Crippen LogP contribution in [-0.2, 0) is 0 Å². The van der Waals surface area contributed by atoms with Gasteiger partial charge in [-0.15, -0.1) is 0 Å². The van der Waals surface area contributed by atoms with Crippen LogP contribution in [0.1, 0.15) is 21.5 Å². The fourth-order valence-corrected chi connectivity index (χ4v) is 2.56. The Bertz CT molecular complexity index is 992. The van der Waals surface area contributed by atoms with E-state index in [1.165, 1.54) is 11.9 Å². The molecule has 0 aliphatic heterocycles. The number of nitrogens with one attached hydrogen (secondary N) is 3. The molecule has 1 aromatic heterocycles. The maximum absolute atomic E-state index is 12.2. The van der Waals surface area contributed by atoms with E-state index < -0.39 is 0 Å². The van der Waals surface area contributed by atoms with E-state index in [2.05, 4.69) is 26.1 Å². The molecule has 7 nitrogen and oxygen atoms in total. The number of amides is 1. The Morgan fingerprint density at radius 1 is 1.04 bits per heavy atom. The van der Waals surface area contributed by atoms with Crippen LogP contribution in [0.4, 0.5) is 23.0 Å². The molecule has 1 heterocycles. The van der Waals surface area contributed by atoms with Crippen LogP contribution in [0.15, 0.2) is 48.8 Å². The zero-order valence-corrected chi connectivity index (χ0v) is 15.6. The molecule has 3 aromatic rings. The van der Waals surface area contributed by atoms with Crippen molar-refractivity contribution in [3.8, 4) is 0 Å². The Morgan fingerprint density at radius 3 is 2.56 bits per heavy atom. The topological polar surface area (TPSA) is 105 Å². The lowest BCUT2D eigenvalue weighted by Crippen LogP contribution is -2.30. The highest BCUT2D eigenvalue weighted by Crippen LogP contribution is 2.26. The minimum atomic E-state index is -0.362. The van der Waals surface area contributed by atoms with Gasteiger partial charge in [-0.2, -0.15) is 0 Å². The molecule has 0 saturated heterocycles. The molecule has 3 rings (SSSR count). The summed E-state index contributed by atoms with van der Waals surface area (Å²) in [4.78, 5) is 20.4. The first-order chi connectivity index (χ1) is 12.9. The lowest BCUT2D eigenvalue weighted by Gasteiger charge is -2.14. The number of hydrogen-bond acceptors (Lipinski definition) is 6. The third-order valence-electron chi connectivity index (χ3n) is 4.03. The molecular formula is C19H19ClN6O. The zero-order chi connectivity index (χ0) is 19.4. The van der Waals surface area contributed by atoms with Gasteiger partial charge in [0.15, 0.2) is 11.6 Å². The first-order valence-corrected chi connectivity index (χ1v) is 8.58. The number of halogens is 1. The Morgan fingerprint density at radius 2 is 1.81 bits per heavy atom. The van der Waals surface area contributed by atoms with Crippen molar-refractivity contribution in [2.45, 2.75) is 13.8 Å². The summed E-state index contributed by atoms with van der Waals surface area (Å²) < 4.78 is 0. The minimum absolute atomic E-state index is 0.280. The van der Waals surface area contributed by atoms with Gasteiger partial charge in [0.1, 0.15) is 12.0 Å². The Labute approximate surface area is 162 Å². The number of nitrogens with two attached hydrogens (primary N) is 1. The molecule has 138 valence electrons. The third kappa shape index (κ3) is 4.45. The van der Waals surface area contributed by atoms with Crippen LogP contribution in [0.5, 0.6) is 0 Å². The number of benzene rings is 2. The van der Waals surface area contributed by atoms with Crippen molar-refractivity contribution in [2.75, 3.05) is 16.5 Å².